The van der Waals surface area contributed by atoms with Gasteiger partial charge >= 0.3 is 0 Å². The maximum absolute atomic E-state index is 4.41. The van der Waals surface area contributed by atoms with Crippen molar-refractivity contribution in [2.45, 2.75) is 38.1 Å². The lowest BCUT2D eigenvalue weighted by atomic mass is 10.0. The molecule has 3 heteroatoms. The third-order valence-corrected chi connectivity index (χ3v) is 3.58. The van der Waals surface area contributed by atoms with Crippen LogP contribution in [0.5, 0.6) is 0 Å². The highest BCUT2D eigenvalue weighted by atomic mass is 15.2. The minimum absolute atomic E-state index is 0.392. The number of hydrogen-bond donors (Lipinski definition) is 1. The summed E-state index contributed by atoms with van der Waals surface area (Å²) in [7, 11) is 2.03. The number of allylic oxidation sites excluding steroid dienone is 1. The van der Waals surface area contributed by atoms with E-state index in [0.29, 0.717) is 6.04 Å². The molecule has 0 radical (unpaired) electrons. The lowest BCUT2D eigenvalue weighted by Crippen LogP contribution is -2.16. The standard InChI is InChI=1S/C16H23N3/c1-3-4-5-6-7-10-15(17-2)14-13-18-19-12-9-8-11-16(14)19/h3,8-9,11-13,15,17H,1,4-7,10H2,2H3. The number of fused-ring (bicyclic) bond motifs is 1. The molecule has 2 aromatic heterocycles. The van der Waals surface area contributed by atoms with Gasteiger partial charge in [0.2, 0.25) is 0 Å². The molecule has 0 saturated heterocycles. The number of hydrogen-bond acceptors (Lipinski definition) is 2. The van der Waals surface area contributed by atoms with Crippen LogP contribution in [0, 0.1) is 0 Å². The minimum Gasteiger partial charge on any atom is -0.313 e. The van der Waals surface area contributed by atoms with Gasteiger partial charge in [-0.25, -0.2) is 4.52 Å². The molecular weight excluding hydrogens is 234 g/mol. The Bertz CT molecular complexity index is 515. The fourth-order valence-electron chi connectivity index (χ4n) is 2.49. The quantitative estimate of drug-likeness (QED) is 0.576. The number of pyridine rings is 1. The van der Waals surface area contributed by atoms with Crippen LogP contribution in [0.4, 0.5) is 0 Å². The van der Waals surface area contributed by atoms with Crippen molar-refractivity contribution in [3.8, 4) is 0 Å². The molecule has 0 aromatic carbocycles. The number of unbranched alkanes of at least 4 members (excludes halogenated alkanes) is 3. The number of nitrogens with one attached hydrogen (secondary N) is 1. The molecule has 102 valence electrons. The maximum atomic E-state index is 4.41. The first-order valence-corrected chi connectivity index (χ1v) is 7.07. The zero-order valence-corrected chi connectivity index (χ0v) is 11.7. The summed E-state index contributed by atoms with van der Waals surface area (Å²) in [5, 5.41) is 7.82. The number of rotatable bonds is 8. The molecule has 2 heterocycles. The number of aromatic nitrogens is 2. The number of nitrogens with zero attached hydrogens (tertiary/aromatic N) is 2. The molecule has 0 aliphatic rings. The molecule has 1 unspecified atom stereocenters. The van der Waals surface area contributed by atoms with Crippen molar-refractivity contribution < 1.29 is 0 Å². The maximum Gasteiger partial charge on any atom is 0.0709 e. The van der Waals surface area contributed by atoms with Gasteiger partial charge in [0.1, 0.15) is 0 Å². The van der Waals surface area contributed by atoms with Crippen LogP contribution in [-0.4, -0.2) is 16.7 Å². The van der Waals surface area contributed by atoms with E-state index < -0.39 is 0 Å². The van der Waals surface area contributed by atoms with Gasteiger partial charge in [0.15, 0.2) is 0 Å². The van der Waals surface area contributed by atoms with Gasteiger partial charge in [-0.1, -0.05) is 25.0 Å². The lowest BCUT2D eigenvalue weighted by molar-refractivity contribution is 0.510. The Morgan fingerprint density at radius 2 is 2.26 bits per heavy atom. The second kappa shape index (κ2) is 7.10. The average Bonchev–Trinajstić information content (AvgIpc) is 2.87. The summed E-state index contributed by atoms with van der Waals surface area (Å²) in [4.78, 5) is 0. The van der Waals surface area contributed by atoms with Gasteiger partial charge in [-0.05, 0) is 38.4 Å². The van der Waals surface area contributed by atoms with E-state index in [1.54, 1.807) is 0 Å². The van der Waals surface area contributed by atoms with Crippen LogP contribution in [0.25, 0.3) is 5.52 Å². The highest BCUT2D eigenvalue weighted by Crippen LogP contribution is 2.23. The fourth-order valence-corrected chi connectivity index (χ4v) is 2.49. The van der Waals surface area contributed by atoms with Crippen molar-refractivity contribution in [1.82, 2.24) is 14.9 Å². The molecule has 1 N–H and O–H groups in total. The Balaban J connectivity index is 1.99. The second-order valence-electron chi connectivity index (χ2n) is 4.90. The Hall–Kier alpha value is -1.61. The first-order chi connectivity index (χ1) is 9.36. The predicted octanol–water partition coefficient (Wildman–Crippen LogP) is 3.73. The molecule has 0 amide bonds. The highest BCUT2D eigenvalue weighted by Gasteiger charge is 2.13. The predicted molar refractivity (Wildman–Crippen MR) is 80.3 cm³/mol. The smallest absolute Gasteiger partial charge is 0.0709 e. The zero-order valence-electron chi connectivity index (χ0n) is 11.7. The van der Waals surface area contributed by atoms with Gasteiger partial charge in [0.05, 0.1) is 11.7 Å². The van der Waals surface area contributed by atoms with Gasteiger partial charge in [-0.2, -0.15) is 5.10 Å². The molecule has 0 bridgehead atoms. The van der Waals surface area contributed by atoms with Crippen LogP contribution in [0.2, 0.25) is 0 Å². The topological polar surface area (TPSA) is 29.3 Å². The first kappa shape index (κ1) is 13.8. The van der Waals surface area contributed by atoms with E-state index >= 15 is 0 Å². The van der Waals surface area contributed by atoms with E-state index in [1.807, 2.05) is 36.1 Å². The molecule has 0 spiro atoms. The highest BCUT2D eigenvalue weighted by molar-refractivity contribution is 5.54. The summed E-state index contributed by atoms with van der Waals surface area (Å²) in [6, 6.07) is 6.60. The van der Waals surface area contributed by atoms with Crippen LogP contribution in [-0.2, 0) is 0 Å². The monoisotopic (exact) mass is 257 g/mol. The third-order valence-electron chi connectivity index (χ3n) is 3.58. The van der Waals surface area contributed by atoms with Gasteiger partial charge in [-0.15, -0.1) is 6.58 Å². The fraction of sp³-hybridized carbons (Fsp3) is 0.438. The van der Waals surface area contributed by atoms with Crippen molar-refractivity contribution in [3.05, 3.63) is 48.8 Å². The van der Waals surface area contributed by atoms with Crippen LogP contribution in [0.1, 0.15) is 43.7 Å². The summed E-state index contributed by atoms with van der Waals surface area (Å²) < 4.78 is 1.94. The molecule has 19 heavy (non-hydrogen) atoms. The molecular formula is C16H23N3. The SMILES string of the molecule is C=CCCCCCC(NC)c1cnn2ccccc12. The average molecular weight is 257 g/mol. The largest absolute Gasteiger partial charge is 0.313 e. The molecule has 1 atom stereocenters. The molecule has 0 aliphatic carbocycles. The molecule has 2 aromatic rings. The van der Waals surface area contributed by atoms with E-state index in [4.69, 9.17) is 0 Å². The molecule has 3 nitrogen and oxygen atoms in total. The van der Waals surface area contributed by atoms with Gasteiger partial charge < -0.3 is 5.32 Å². The van der Waals surface area contributed by atoms with Crippen LogP contribution in [0.15, 0.2) is 43.2 Å². The Kier molecular flexibility index (Phi) is 5.16. The van der Waals surface area contributed by atoms with E-state index in [2.05, 4.69) is 29.1 Å². The molecule has 0 aliphatic heterocycles. The van der Waals surface area contributed by atoms with Gasteiger partial charge in [0.25, 0.3) is 0 Å². The summed E-state index contributed by atoms with van der Waals surface area (Å²) in [5.41, 5.74) is 2.50. The van der Waals surface area contributed by atoms with Crippen molar-refractivity contribution in [2.24, 2.45) is 0 Å². The van der Waals surface area contributed by atoms with E-state index in [0.717, 1.165) is 12.8 Å². The van der Waals surface area contributed by atoms with Crippen molar-refractivity contribution in [1.29, 1.82) is 0 Å². The Labute approximate surface area is 115 Å². The molecule has 0 saturated carbocycles. The van der Waals surface area contributed by atoms with Crippen molar-refractivity contribution >= 4 is 5.52 Å². The zero-order chi connectivity index (χ0) is 13.5. The Morgan fingerprint density at radius 1 is 1.37 bits per heavy atom. The van der Waals surface area contributed by atoms with Gasteiger partial charge in [0, 0.05) is 17.8 Å². The van der Waals surface area contributed by atoms with Crippen molar-refractivity contribution in [3.63, 3.8) is 0 Å². The normalized spacial score (nSPS) is 12.7. The molecule has 2 rings (SSSR count). The Morgan fingerprint density at radius 3 is 3.05 bits per heavy atom. The van der Waals surface area contributed by atoms with E-state index in [-0.39, 0.29) is 0 Å². The minimum atomic E-state index is 0.392. The third kappa shape index (κ3) is 3.44. The molecule has 0 fully saturated rings. The summed E-state index contributed by atoms with van der Waals surface area (Å²) >= 11 is 0. The van der Waals surface area contributed by atoms with E-state index in [1.165, 1.54) is 30.3 Å². The van der Waals surface area contributed by atoms with Gasteiger partial charge in [-0.3, -0.25) is 0 Å². The second-order valence-corrected chi connectivity index (χ2v) is 4.90. The van der Waals surface area contributed by atoms with E-state index in [9.17, 15) is 0 Å². The summed E-state index contributed by atoms with van der Waals surface area (Å²) in [6.45, 7) is 3.76. The summed E-state index contributed by atoms with van der Waals surface area (Å²) in [5.74, 6) is 0. The summed E-state index contributed by atoms with van der Waals surface area (Å²) in [6.07, 6.45) is 12.0. The first-order valence-electron chi connectivity index (χ1n) is 7.07. The van der Waals surface area contributed by atoms with Crippen LogP contribution < -0.4 is 5.32 Å². The van der Waals surface area contributed by atoms with Crippen LogP contribution >= 0.6 is 0 Å². The van der Waals surface area contributed by atoms with Crippen LogP contribution in [0.3, 0.4) is 0 Å². The lowest BCUT2D eigenvalue weighted by Gasteiger charge is -2.15. The van der Waals surface area contributed by atoms with Crippen molar-refractivity contribution in [2.75, 3.05) is 7.05 Å².